The number of ether oxygens (including phenoxy) is 1. The highest BCUT2D eigenvalue weighted by Gasteiger charge is 2.13. The lowest BCUT2D eigenvalue weighted by Gasteiger charge is -2.19. The normalized spacial score (nSPS) is 11.3. The fourth-order valence-corrected chi connectivity index (χ4v) is 2.94. The molecule has 0 fully saturated rings. The van der Waals surface area contributed by atoms with E-state index in [0.29, 0.717) is 17.9 Å². The molecule has 1 amide bonds. The second-order valence-corrected chi connectivity index (χ2v) is 8.02. The number of amides is 1. The third-order valence-corrected chi connectivity index (χ3v) is 4.58. The first-order valence-corrected chi connectivity index (χ1v) is 9.36. The summed E-state index contributed by atoms with van der Waals surface area (Å²) in [5, 5.41) is 7.15. The molecule has 0 bridgehead atoms. The van der Waals surface area contributed by atoms with Crippen molar-refractivity contribution in [2.75, 3.05) is 5.32 Å². The molecule has 0 aliphatic heterocycles. The maximum absolute atomic E-state index is 12.5. The zero-order chi connectivity index (χ0) is 20.3. The highest BCUT2D eigenvalue weighted by Crippen LogP contribution is 2.24. The van der Waals surface area contributed by atoms with Crippen molar-refractivity contribution >= 4 is 11.6 Å². The van der Waals surface area contributed by atoms with Crippen molar-refractivity contribution in [3.8, 4) is 5.75 Å². The van der Waals surface area contributed by atoms with Gasteiger partial charge in [-0.1, -0.05) is 45.0 Å². The van der Waals surface area contributed by atoms with E-state index < -0.39 is 0 Å². The molecule has 3 rings (SSSR count). The average molecular weight is 377 g/mol. The van der Waals surface area contributed by atoms with E-state index in [1.165, 1.54) is 5.56 Å². The van der Waals surface area contributed by atoms with Gasteiger partial charge in [0, 0.05) is 18.8 Å². The molecule has 3 aromatic rings. The molecule has 0 saturated carbocycles. The number of carbonyl (C=O) groups is 1. The number of benzene rings is 2. The number of hydrogen-bond acceptors (Lipinski definition) is 3. The smallest absolute Gasteiger partial charge is 0.255 e. The Kier molecular flexibility index (Phi) is 5.54. The van der Waals surface area contributed by atoms with Crippen LogP contribution in [0.25, 0.3) is 0 Å². The Bertz CT molecular complexity index is 966. The lowest BCUT2D eigenvalue weighted by molar-refractivity contribution is 0.102. The molecular formula is C23H27N3O2. The highest BCUT2D eigenvalue weighted by molar-refractivity contribution is 6.04. The highest BCUT2D eigenvalue weighted by atomic mass is 16.5. The van der Waals surface area contributed by atoms with Gasteiger partial charge in [0.1, 0.15) is 12.4 Å². The Morgan fingerprint density at radius 2 is 1.86 bits per heavy atom. The Hall–Kier alpha value is -3.08. The van der Waals surface area contributed by atoms with Crippen LogP contribution in [0.4, 0.5) is 5.69 Å². The molecule has 5 heteroatoms. The van der Waals surface area contributed by atoms with Gasteiger partial charge in [-0.05, 0) is 47.7 Å². The van der Waals surface area contributed by atoms with E-state index in [-0.39, 0.29) is 11.3 Å². The van der Waals surface area contributed by atoms with Crippen LogP contribution >= 0.6 is 0 Å². The van der Waals surface area contributed by atoms with Crippen LogP contribution in [-0.2, 0) is 19.1 Å². The predicted molar refractivity (Wildman–Crippen MR) is 112 cm³/mol. The molecule has 1 aromatic heterocycles. The molecule has 28 heavy (non-hydrogen) atoms. The minimum Gasteiger partial charge on any atom is -0.489 e. The number of nitrogens with one attached hydrogen (secondary N) is 1. The quantitative estimate of drug-likeness (QED) is 0.691. The van der Waals surface area contributed by atoms with E-state index >= 15 is 0 Å². The summed E-state index contributed by atoms with van der Waals surface area (Å²) in [6.07, 6.45) is 1.79. The van der Waals surface area contributed by atoms with Crippen LogP contribution in [0.15, 0.2) is 54.7 Å². The molecular weight excluding hydrogens is 350 g/mol. The maximum Gasteiger partial charge on any atom is 0.255 e. The minimum absolute atomic E-state index is 0.118. The van der Waals surface area contributed by atoms with Crippen molar-refractivity contribution in [2.45, 2.75) is 39.7 Å². The van der Waals surface area contributed by atoms with Gasteiger partial charge in [0.25, 0.3) is 5.91 Å². The number of aryl methyl sites for hydroxylation is 2. The van der Waals surface area contributed by atoms with Crippen LogP contribution < -0.4 is 10.1 Å². The lowest BCUT2D eigenvalue weighted by Crippen LogP contribution is -2.12. The zero-order valence-corrected chi connectivity index (χ0v) is 17.1. The van der Waals surface area contributed by atoms with Gasteiger partial charge < -0.3 is 10.1 Å². The lowest BCUT2D eigenvalue weighted by atomic mass is 9.87. The van der Waals surface area contributed by atoms with E-state index in [0.717, 1.165) is 17.0 Å². The Labute approximate surface area is 166 Å². The summed E-state index contributed by atoms with van der Waals surface area (Å²) >= 11 is 0. The van der Waals surface area contributed by atoms with Gasteiger partial charge in [0.05, 0.1) is 11.4 Å². The van der Waals surface area contributed by atoms with E-state index in [4.69, 9.17) is 4.74 Å². The standard InChI is InChI=1S/C23H27N3O2/c1-16-21(14-26(5)25-16)24-22(27)18-8-6-7-17(13-18)15-28-20-11-9-19(10-12-20)23(2,3)4/h6-14H,15H2,1-5H3,(H,24,27). The number of aromatic nitrogens is 2. The zero-order valence-electron chi connectivity index (χ0n) is 17.1. The second kappa shape index (κ2) is 7.89. The third kappa shape index (κ3) is 4.80. The van der Waals surface area contributed by atoms with Crippen LogP contribution in [0, 0.1) is 6.92 Å². The van der Waals surface area contributed by atoms with Gasteiger partial charge in [-0.25, -0.2) is 0 Å². The van der Waals surface area contributed by atoms with Gasteiger partial charge in [0.15, 0.2) is 0 Å². The fourth-order valence-electron chi connectivity index (χ4n) is 2.94. The van der Waals surface area contributed by atoms with E-state index in [2.05, 4.69) is 43.3 Å². The molecule has 1 heterocycles. The minimum atomic E-state index is -0.160. The van der Waals surface area contributed by atoms with Crippen LogP contribution in [0.5, 0.6) is 5.75 Å². The molecule has 0 spiro atoms. The first-order chi connectivity index (χ1) is 13.2. The summed E-state index contributed by atoms with van der Waals surface area (Å²) in [5.74, 6) is 0.654. The van der Waals surface area contributed by atoms with Crippen LogP contribution in [0.2, 0.25) is 0 Å². The number of carbonyl (C=O) groups excluding carboxylic acids is 1. The van der Waals surface area contributed by atoms with Crippen molar-refractivity contribution in [2.24, 2.45) is 7.05 Å². The topological polar surface area (TPSA) is 56.2 Å². The molecule has 0 aliphatic carbocycles. The molecule has 0 saturated heterocycles. The first kappa shape index (κ1) is 19.7. The second-order valence-electron chi connectivity index (χ2n) is 8.02. The van der Waals surface area contributed by atoms with Gasteiger partial charge >= 0.3 is 0 Å². The van der Waals surface area contributed by atoms with Crippen molar-refractivity contribution in [1.82, 2.24) is 9.78 Å². The molecule has 0 atom stereocenters. The van der Waals surface area contributed by atoms with Crippen molar-refractivity contribution < 1.29 is 9.53 Å². The number of hydrogen-bond donors (Lipinski definition) is 1. The van der Waals surface area contributed by atoms with Crippen molar-refractivity contribution in [3.05, 3.63) is 77.1 Å². The number of rotatable bonds is 5. The van der Waals surface area contributed by atoms with Crippen LogP contribution in [0.1, 0.15) is 48.0 Å². The third-order valence-electron chi connectivity index (χ3n) is 4.58. The monoisotopic (exact) mass is 377 g/mol. The molecule has 1 N–H and O–H groups in total. The van der Waals surface area contributed by atoms with Gasteiger partial charge in [-0.3, -0.25) is 9.48 Å². The molecule has 5 nitrogen and oxygen atoms in total. The Morgan fingerprint density at radius 3 is 2.46 bits per heavy atom. The average Bonchev–Trinajstić information content (AvgIpc) is 2.97. The molecule has 0 unspecified atom stereocenters. The maximum atomic E-state index is 12.5. The van der Waals surface area contributed by atoms with Crippen molar-refractivity contribution in [1.29, 1.82) is 0 Å². The summed E-state index contributed by atoms with van der Waals surface area (Å²) < 4.78 is 7.57. The van der Waals surface area contributed by atoms with Crippen molar-refractivity contribution in [3.63, 3.8) is 0 Å². The van der Waals surface area contributed by atoms with Gasteiger partial charge in [-0.2, -0.15) is 5.10 Å². The van der Waals surface area contributed by atoms with E-state index in [9.17, 15) is 4.79 Å². The summed E-state index contributed by atoms with van der Waals surface area (Å²) in [7, 11) is 1.83. The van der Waals surface area contributed by atoms with E-state index in [1.54, 1.807) is 16.9 Å². The first-order valence-electron chi connectivity index (χ1n) is 9.36. The summed E-state index contributed by atoms with van der Waals surface area (Å²) in [4.78, 5) is 12.5. The molecule has 2 aromatic carbocycles. The van der Waals surface area contributed by atoms with Crippen LogP contribution in [0.3, 0.4) is 0 Å². The number of nitrogens with zero attached hydrogens (tertiary/aromatic N) is 2. The summed E-state index contributed by atoms with van der Waals surface area (Å²) in [5.41, 5.74) is 4.42. The van der Waals surface area contributed by atoms with E-state index in [1.807, 2.05) is 44.3 Å². The molecule has 146 valence electrons. The number of anilines is 1. The molecule has 0 radical (unpaired) electrons. The summed E-state index contributed by atoms with van der Waals surface area (Å²) in [6, 6.07) is 15.6. The fraction of sp³-hybridized carbons (Fsp3) is 0.304. The largest absolute Gasteiger partial charge is 0.489 e. The summed E-state index contributed by atoms with van der Waals surface area (Å²) in [6.45, 7) is 8.83. The van der Waals surface area contributed by atoms with Crippen LogP contribution in [-0.4, -0.2) is 15.7 Å². The SMILES string of the molecule is Cc1nn(C)cc1NC(=O)c1cccc(COc2ccc(C(C)(C)C)cc2)c1. The predicted octanol–water partition coefficient (Wildman–Crippen LogP) is 4.86. The molecule has 0 aliphatic rings. The van der Waals surface area contributed by atoms with Gasteiger partial charge in [0.2, 0.25) is 0 Å². The Balaban J connectivity index is 1.64. The van der Waals surface area contributed by atoms with Gasteiger partial charge in [-0.15, -0.1) is 0 Å². The Morgan fingerprint density at radius 1 is 1.14 bits per heavy atom.